The fourth-order valence-electron chi connectivity index (χ4n) is 5.86. The van der Waals surface area contributed by atoms with Gasteiger partial charge in [-0.25, -0.2) is 24.7 Å². The van der Waals surface area contributed by atoms with Crippen molar-refractivity contribution in [3.63, 3.8) is 0 Å². The zero-order valence-electron chi connectivity index (χ0n) is 29.6. The third-order valence-electron chi connectivity index (χ3n) is 8.57. The van der Waals surface area contributed by atoms with Gasteiger partial charge in [-0.2, -0.15) is 0 Å². The predicted molar refractivity (Wildman–Crippen MR) is 195 cm³/mol. The molecule has 1 amide bonds. The lowest BCUT2D eigenvalue weighted by Gasteiger charge is -2.36. The van der Waals surface area contributed by atoms with E-state index in [1.807, 2.05) is 45.3 Å². The summed E-state index contributed by atoms with van der Waals surface area (Å²) < 4.78 is 19.5. The summed E-state index contributed by atoms with van der Waals surface area (Å²) in [5, 5.41) is 4.34. The number of amides is 1. The number of benzene rings is 1. The lowest BCUT2D eigenvalue weighted by Crippen LogP contribution is -2.50. The molecule has 2 saturated heterocycles. The summed E-state index contributed by atoms with van der Waals surface area (Å²) in [6.07, 6.45) is 5.02. The zero-order valence-corrected chi connectivity index (χ0v) is 30.6. The monoisotopic (exact) mass is 687 g/mol. The van der Waals surface area contributed by atoms with Crippen molar-refractivity contribution in [2.45, 2.75) is 58.8 Å². The first-order valence-corrected chi connectivity index (χ1v) is 20.8. The van der Waals surface area contributed by atoms with Crippen LogP contribution in [-0.4, -0.2) is 108 Å². The van der Waals surface area contributed by atoms with Gasteiger partial charge in [-0.3, -0.25) is 0 Å². The van der Waals surface area contributed by atoms with E-state index in [9.17, 15) is 4.79 Å². The van der Waals surface area contributed by atoms with E-state index in [4.69, 9.17) is 19.2 Å². The molecule has 262 valence electrons. The Balaban J connectivity index is 1.14. The van der Waals surface area contributed by atoms with Gasteiger partial charge in [0.2, 0.25) is 5.95 Å². The number of nitrogens with zero attached hydrogens (tertiary/aromatic N) is 8. The Labute approximate surface area is 289 Å². The molecule has 0 aliphatic carbocycles. The molecule has 2 aliphatic heterocycles. The summed E-state index contributed by atoms with van der Waals surface area (Å²) in [7, 11) is -1.22. The van der Waals surface area contributed by atoms with Gasteiger partial charge in [0.25, 0.3) is 0 Å². The Morgan fingerprint density at radius 3 is 2.27 bits per heavy atom. The van der Waals surface area contributed by atoms with Crippen molar-refractivity contribution >= 4 is 48.3 Å². The number of piperazine rings is 1. The number of carbonyl (C=O) groups is 1. The second kappa shape index (κ2) is 14.7. The highest BCUT2D eigenvalue weighted by atomic mass is 28.3. The van der Waals surface area contributed by atoms with Gasteiger partial charge in [0.15, 0.2) is 0 Å². The lowest BCUT2D eigenvalue weighted by atomic mass is 10.1. The Hall–Kier alpha value is -4.27. The molecule has 2 fully saturated rings. The number of fused-ring (bicyclic) bond motifs is 1. The number of rotatable bonds is 10. The third-order valence-corrected chi connectivity index (χ3v) is 10.3. The Morgan fingerprint density at radius 2 is 1.61 bits per heavy atom. The number of anilines is 4. The van der Waals surface area contributed by atoms with Crippen LogP contribution >= 0.6 is 0 Å². The van der Waals surface area contributed by atoms with Crippen LogP contribution in [0.25, 0.3) is 22.3 Å². The molecule has 5 heterocycles. The van der Waals surface area contributed by atoms with Crippen molar-refractivity contribution in [2.24, 2.45) is 0 Å². The number of hydrogen-bond acceptors (Lipinski definition) is 11. The molecule has 0 saturated carbocycles. The van der Waals surface area contributed by atoms with Crippen LogP contribution in [0.5, 0.6) is 0 Å². The average molecular weight is 688 g/mol. The standard InChI is InChI=1S/C35H49N9O4Si/c1-35(2,3)48-34(45)43-13-11-41(12-14-43)28-22-36-33(37-23-28)40-27-9-7-26(8-10-27)30-21-29-31(42-15-17-46-18-16-42)38-24-39-32(29)44(30)25-47-19-20-49(4,5)6/h7-10,21-24H,11-20,25H2,1-6H3,(H,36,37,40). The van der Waals surface area contributed by atoms with Gasteiger partial charge in [-0.15, -0.1) is 0 Å². The molecule has 6 rings (SSSR count). The number of ether oxygens (including phenoxy) is 3. The molecule has 13 nitrogen and oxygen atoms in total. The van der Waals surface area contributed by atoms with E-state index in [0.717, 1.165) is 65.2 Å². The van der Waals surface area contributed by atoms with Gasteiger partial charge >= 0.3 is 6.09 Å². The van der Waals surface area contributed by atoms with Crippen molar-refractivity contribution in [2.75, 3.05) is 74.2 Å². The number of hydrogen-bond donors (Lipinski definition) is 1. The first-order chi connectivity index (χ1) is 23.4. The lowest BCUT2D eigenvalue weighted by molar-refractivity contribution is 0.0240. The van der Waals surface area contributed by atoms with Crippen molar-refractivity contribution in [3.05, 3.63) is 49.1 Å². The third kappa shape index (κ3) is 8.85. The SMILES string of the molecule is CC(C)(C)OC(=O)N1CCN(c2cnc(Nc3ccc(-c4cc5c(N6CCOCC6)ncnc5n4COCC[Si](C)(C)C)cc3)nc2)CC1. The quantitative estimate of drug-likeness (QED) is 0.160. The number of aromatic nitrogens is 5. The van der Waals surface area contributed by atoms with Crippen LogP contribution < -0.4 is 15.1 Å². The van der Waals surface area contributed by atoms with Crippen molar-refractivity contribution in [3.8, 4) is 11.3 Å². The van der Waals surface area contributed by atoms with Gasteiger partial charge in [0.1, 0.15) is 30.1 Å². The van der Waals surface area contributed by atoms with E-state index in [2.05, 4.69) is 72.5 Å². The molecule has 4 aromatic rings. The van der Waals surface area contributed by atoms with E-state index < -0.39 is 13.7 Å². The molecule has 0 radical (unpaired) electrons. The van der Waals surface area contributed by atoms with Gasteiger partial charge in [0.05, 0.1) is 42.4 Å². The van der Waals surface area contributed by atoms with E-state index in [-0.39, 0.29) is 6.09 Å². The molecule has 49 heavy (non-hydrogen) atoms. The average Bonchev–Trinajstić information content (AvgIpc) is 3.45. The number of morpholine rings is 1. The normalized spacial score (nSPS) is 15.9. The molecular weight excluding hydrogens is 639 g/mol. The van der Waals surface area contributed by atoms with Crippen LogP contribution in [0.1, 0.15) is 20.8 Å². The molecule has 0 unspecified atom stereocenters. The van der Waals surface area contributed by atoms with Crippen molar-refractivity contribution < 1.29 is 19.0 Å². The van der Waals surface area contributed by atoms with Crippen LogP contribution in [0.2, 0.25) is 25.7 Å². The van der Waals surface area contributed by atoms with E-state index in [0.29, 0.717) is 52.1 Å². The highest BCUT2D eigenvalue weighted by Crippen LogP contribution is 2.33. The zero-order chi connectivity index (χ0) is 34.6. The van der Waals surface area contributed by atoms with Gasteiger partial charge < -0.3 is 38.8 Å². The maximum absolute atomic E-state index is 12.4. The van der Waals surface area contributed by atoms with Crippen molar-refractivity contribution in [1.29, 1.82) is 0 Å². The summed E-state index contributed by atoms with van der Waals surface area (Å²) in [6, 6.07) is 11.5. The minimum atomic E-state index is -1.22. The Bertz CT molecular complexity index is 1700. The van der Waals surface area contributed by atoms with Crippen LogP contribution in [0.3, 0.4) is 0 Å². The van der Waals surface area contributed by atoms with Crippen LogP contribution in [0.15, 0.2) is 49.1 Å². The fourth-order valence-corrected chi connectivity index (χ4v) is 6.61. The Morgan fingerprint density at radius 1 is 0.918 bits per heavy atom. The highest BCUT2D eigenvalue weighted by molar-refractivity contribution is 6.76. The molecule has 1 N–H and O–H groups in total. The Kier molecular flexibility index (Phi) is 10.4. The number of nitrogens with one attached hydrogen (secondary N) is 1. The highest BCUT2D eigenvalue weighted by Gasteiger charge is 2.26. The molecule has 0 spiro atoms. The summed E-state index contributed by atoms with van der Waals surface area (Å²) in [5.41, 5.74) is 4.23. The van der Waals surface area contributed by atoms with Gasteiger partial charge in [-0.05, 0) is 50.6 Å². The van der Waals surface area contributed by atoms with Crippen LogP contribution in [0.4, 0.5) is 27.9 Å². The molecular formula is C35H49N9O4Si. The van der Waals surface area contributed by atoms with E-state index in [1.165, 1.54) is 0 Å². The summed E-state index contributed by atoms with van der Waals surface area (Å²) >= 11 is 0. The first kappa shape index (κ1) is 34.6. The fraction of sp³-hybridized carbons (Fsp3) is 0.514. The molecule has 0 atom stereocenters. The molecule has 3 aromatic heterocycles. The van der Waals surface area contributed by atoms with Crippen molar-refractivity contribution in [1.82, 2.24) is 29.4 Å². The molecule has 14 heteroatoms. The summed E-state index contributed by atoms with van der Waals surface area (Å²) in [6.45, 7) is 19.4. The maximum atomic E-state index is 12.4. The summed E-state index contributed by atoms with van der Waals surface area (Å²) in [4.78, 5) is 37.2. The van der Waals surface area contributed by atoms with Gasteiger partial charge in [-0.1, -0.05) is 31.8 Å². The molecule has 2 aliphatic rings. The minimum Gasteiger partial charge on any atom is -0.444 e. The topological polar surface area (TPSA) is 123 Å². The van der Waals surface area contributed by atoms with E-state index in [1.54, 1.807) is 11.2 Å². The van der Waals surface area contributed by atoms with Crippen LogP contribution in [-0.2, 0) is 20.9 Å². The first-order valence-electron chi connectivity index (χ1n) is 17.1. The predicted octanol–water partition coefficient (Wildman–Crippen LogP) is 5.84. The molecule has 1 aromatic carbocycles. The maximum Gasteiger partial charge on any atom is 0.410 e. The largest absolute Gasteiger partial charge is 0.444 e. The second-order valence-electron chi connectivity index (χ2n) is 14.8. The number of carbonyl (C=O) groups excluding carboxylic acids is 1. The van der Waals surface area contributed by atoms with Crippen LogP contribution in [0, 0.1) is 0 Å². The van der Waals surface area contributed by atoms with E-state index >= 15 is 0 Å². The summed E-state index contributed by atoms with van der Waals surface area (Å²) in [5.74, 6) is 1.44. The molecule has 0 bridgehead atoms. The smallest absolute Gasteiger partial charge is 0.410 e. The second-order valence-corrected chi connectivity index (χ2v) is 20.4. The minimum absolute atomic E-state index is 0.271. The van der Waals surface area contributed by atoms with Gasteiger partial charge in [0, 0.05) is 59.6 Å².